The van der Waals surface area contributed by atoms with E-state index in [-0.39, 0.29) is 23.3 Å². The number of piperazine rings is 1. The van der Waals surface area contributed by atoms with Gasteiger partial charge in [0.15, 0.2) is 0 Å². The summed E-state index contributed by atoms with van der Waals surface area (Å²) in [7, 11) is 0. The molecule has 0 spiro atoms. The minimum absolute atomic E-state index is 0.0254. The van der Waals surface area contributed by atoms with Crippen molar-refractivity contribution in [3.63, 3.8) is 0 Å². The molecule has 4 rings (SSSR count). The van der Waals surface area contributed by atoms with Crippen LogP contribution in [0.5, 0.6) is 0 Å². The number of anilines is 2. The molecule has 136 valence electrons. The second-order valence-corrected chi connectivity index (χ2v) is 6.17. The van der Waals surface area contributed by atoms with Crippen LogP contribution in [0.1, 0.15) is 15.9 Å². The van der Waals surface area contributed by atoms with E-state index in [0.717, 1.165) is 6.07 Å². The standard InChI is InChI=1S/C16H14F3N5O2/c17-16(18,19)10-3-1-2-4-11(10)23-7-13-12(23)8-24(13)15-20-5-9(6-21-15)14(25)22-26/h1-6,12-13,26H,7-8H2,(H,22,25). The van der Waals surface area contributed by atoms with E-state index >= 15 is 0 Å². The van der Waals surface area contributed by atoms with Crippen LogP contribution in [-0.4, -0.2) is 46.3 Å². The molecule has 3 heterocycles. The molecule has 26 heavy (non-hydrogen) atoms. The number of hydrogen-bond donors (Lipinski definition) is 2. The number of carbonyl (C=O) groups excluding carboxylic acids is 1. The number of fused-ring (bicyclic) bond motifs is 1. The number of para-hydroxylation sites is 1. The topological polar surface area (TPSA) is 81.6 Å². The maximum Gasteiger partial charge on any atom is 0.418 e. The molecule has 2 unspecified atom stereocenters. The summed E-state index contributed by atoms with van der Waals surface area (Å²) in [5, 5.41) is 8.58. The third kappa shape index (κ3) is 2.53. The van der Waals surface area contributed by atoms with Crippen molar-refractivity contribution in [1.82, 2.24) is 15.4 Å². The van der Waals surface area contributed by atoms with Crippen molar-refractivity contribution in [3.8, 4) is 0 Å². The molecule has 2 N–H and O–H groups in total. The monoisotopic (exact) mass is 365 g/mol. The van der Waals surface area contributed by atoms with Gasteiger partial charge >= 0.3 is 6.18 Å². The lowest BCUT2D eigenvalue weighted by molar-refractivity contribution is -0.137. The van der Waals surface area contributed by atoms with Crippen molar-refractivity contribution in [1.29, 1.82) is 0 Å². The normalized spacial score (nSPS) is 21.5. The second-order valence-electron chi connectivity index (χ2n) is 6.17. The van der Waals surface area contributed by atoms with E-state index in [9.17, 15) is 18.0 Å². The van der Waals surface area contributed by atoms with E-state index in [2.05, 4.69) is 9.97 Å². The molecule has 0 bridgehead atoms. The fraction of sp³-hybridized carbons (Fsp3) is 0.312. The molecule has 0 aliphatic carbocycles. The summed E-state index contributed by atoms with van der Waals surface area (Å²) in [6.07, 6.45) is -1.81. The van der Waals surface area contributed by atoms with Gasteiger partial charge in [-0.25, -0.2) is 15.4 Å². The van der Waals surface area contributed by atoms with Gasteiger partial charge in [-0.05, 0) is 12.1 Å². The summed E-state index contributed by atoms with van der Waals surface area (Å²) in [5.41, 5.74) is 1.17. The molecule has 1 aromatic carbocycles. The quantitative estimate of drug-likeness (QED) is 0.636. The number of carbonyl (C=O) groups is 1. The van der Waals surface area contributed by atoms with Crippen LogP contribution < -0.4 is 15.3 Å². The molecule has 1 aromatic heterocycles. The fourth-order valence-corrected chi connectivity index (χ4v) is 3.38. The lowest BCUT2D eigenvalue weighted by atomic mass is 9.84. The first-order valence-corrected chi connectivity index (χ1v) is 7.86. The molecular formula is C16H14F3N5O2. The number of nitrogens with one attached hydrogen (secondary N) is 1. The molecule has 10 heteroatoms. The Labute approximate surface area is 146 Å². The maximum absolute atomic E-state index is 13.2. The van der Waals surface area contributed by atoms with E-state index in [0.29, 0.717) is 19.0 Å². The van der Waals surface area contributed by atoms with Crippen LogP contribution in [0.2, 0.25) is 0 Å². The van der Waals surface area contributed by atoms with E-state index in [1.54, 1.807) is 11.0 Å². The number of hydrogen-bond acceptors (Lipinski definition) is 6. The average Bonchev–Trinajstić information content (AvgIpc) is 2.62. The molecule has 2 fully saturated rings. The van der Waals surface area contributed by atoms with Crippen LogP contribution in [0.15, 0.2) is 36.7 Å². The highest BCUT2D eigenvalue weighted by atomic mass is 19.4. The summed E-state index contributed by atoms with van der Waals surface area (Å²) >= 11 is 0. The Kier molecular flexibility index (Phi) is 3.72. The third-order valence-electron chi connectivity index (χ3n) is 4.79. The first kappa shape index (κ1) is 16.6. The van der Waals surface area contributed by atoms with Crippen molar-refractivity contribution in [2.75, 3.05) is 22.9 Å². The summed E-state index contributed by atoms with van der Waals surface area (Å²) in [5.74, 6) is -0.305. The molecule has 2 aromatic rings. The lowest BCUT2D eigenvalue weighted by Gasteiger charge is -2.62. The van der Waals surface area contributed by atoms with E-state index in [4.69, 9.17) is 5.21 Å². The molecule has 7 nitrogen and oxygen atoms in total. The zero-order valence-corrected chi connectivity index (χ0v) is 13.3. The first-order chi connectivity index (χ1) is 12.4. The predicted octanol–water partition coefficient (Wildman–Crippen LogP) is 1.69. The van der Waals surface area contributed by atoms with E-state index in [1.807, 2.05) is 4.90 Å². The molecule has 2 aliphatic heterocycles. The van der Waals surface area contributed by atoms with E-state index < -0.39 is 17.6 Å². The van der Waals surface area contributed by atoms with Gasteiger partial charge < -0.3 is 9.80 Å². The number of amides is 1. The van der Waals surface area contributed by atoms with Crippen LogP contribution in [-0.2, 0) is 6.18 Å². The molecule has 2 atom stereocenters. The zero-order chi connectivity index (χ0) is 18.5. The summed E-state index contributed by atoms with van der Waals surface area (Å²) < 4.78 is 39.5. The van der Waals surface area contributed by atoms with Gasteiger partial charge in [0.1, 0.15) is 0 Å². The van der Waals surface area contributed by atoms with Crippen LogP contribution >= 0.6 is 0 Å². The molecular weight excluding hydrogens is 351 g/mol. The van der Waals surface area contributed by atoms with Crippen LogP contribution in [0.25, 0.3) is 0 Å². The molecule has 1 amide bonds. The van der Waals surface area contributed by atoms with Crippen molar-refractivity contribution in [2.24, 2.45) is 0 Å². The Morgan fingerprint density at radius 2 is 1.73 bits per heavy atom. The number of hydroxylamine groups is 1. The Balaban J connectivity index is 1.47. The third-order valence-corrected chi connectivity index (χ3v) is 4.79. The lowest BCUT2D eigenvalue weighted by Crippen LogP contribution is -2.80. The van der Waals surface area contributed by atoms with Gasteiger partial charge in [-0.1, -0.05) is 12.1 Å². The highest BCUT2D eigenvalue weighted by Gasteiger charge is 2.54. The van der Waals surface area contributed by atoms with Crippen molar-refractivity contribution < 1.29 is 23.2 Å². The molecule has 2 saturated heterocycles. The summed E-state index contributed by atoms with van der Waals surface area (Å²) in [6, 6.07) is 5.57. The average molecular weight is 365 g/mol. The first-order valence-electron chi connectivity index (χ1n) is 7.86. The Morgan fingerprint density at radius 1 is 1.12 bits per heavy atom. The number of nitrogens with zero attached hydrogens (tertiary/aromatic N) is 4. The van der Waals surface area contributed by atoms with Gasteiger partial charge in [0.2, 0.25) is 5.95 Å². The van der Waals surface area contributed by atoms with Crippen LogP contribution in [0, 0.1) is 0 Å². The minimum atomic E-state index is -4.39. The highest BCUT2D eigenvalue weighted by molar-refractivity contribution is 5.92. The Bertz CT molecular complexity index is 843. The second kappa shape index (κ2) is 5.84. The number of rotatable bonds is 3. The van der Waals surface area contributed by atoms with Gasteiger partial charge in [0.25, 0.3) is 5.91 Å². The van der Waals surface area contributed by atoms with Crippen molar-refractivity contribution in [3.05, 3.63) is 47.8 Å². The van der Waals surface area contributed by atoms with Gasteiger partial charge in [0, 0.05) is 31.2 Å². The fourth-order valence-electron chi connectivity index (χ4n) is 3.38. The number of benzene rings is 1. The Morgan fingerprint density at radius 3 is 2.31 bits per heavy atom. The molecule has 2 aliphatic rings. The van der Waals surface area contributed by atoms with E-state index in [1.165, 1.54) is 30.0 Å². The van der Waals surface area contributed by atoms with Crippen LogP contribution in [0.3, 0.4) is 0 Å². The number of alkyl halides is 3. The maximum atomic E-state index is 13.2. The van der Waals surface area contributed by atoms with Gasteiger partial charge in [-0.3, -0.25) is 10.0 Å². The molecule has 0 saturated carbocycles. The minimum Gasteiger partial charge on any atom is -0.362 e. The zero-order valence-electron chi connectivity index (χ0n) is 13.3. The molecule has 0 radical (unpaired) electrons. The summed E-state index contributed by atoms with van der Waals surface area (Å²) in [6.45, 7) is 0.947. The smallest absolute Gasteiger partial charge is 0.362 e. The van der Waals surface area contributed by atoms with Gasteiger partial charge in [-0.15, -0.1) is 0 Å². The van der Waals surface area contributed by atoms with Crippen molar-refractivity contribution >= 4 is 17.5 Å². The van der Waals surface area contributed by atoms with Crippen LogP contribution in [0.4, 0.5) is 24.8 Å². The van der Waals surface area contributed by atoms with Crippen molar-refractivity contribution in [2.45, 2.75) is 18.3 Å². The Hall–Kier alpha value is -2.88. The number of aromatic nitrogens is 2. The highest BCUT2D eigenvalue weighted by Crippen LogP contribution is 2.44. The largest absolute Gasteiger partial charge is 0.418 e. The predicted molar refractivity (Wildman–Crippen MR) is 85.0 cm³/mol. The summed E-state index contributed by atoms with van der Waals surface area (Å²) in [4.78, 5) is 23.1. The van der Waals surface area contributed by atoms with Gasteiger partial charge in [-0.2, -0.15) is 13.2 Å². The van der Waals surface area contributed by atoms with Gasteiger partial charge in [0.05, 0.1) is 23.2 Å². The number of halogens is 3. The SMILES string of the molecule is O=C(NO)c1cnc(N2CC3C2CN3c2ccccc2C(F)(F)F)nc1.